The van der Waals surface area contributed by atoms with Crippen LogP contribution in [-0.4, -0.2) is 12.0 Å². The molecule has 0 heterocycles. The lowest BCUT2D eigenvalue weighted by Gasteiger charge is -2.18. The fraction of sp³-hybridized carbons (Fsp3) is 0.462. The molecular formula is C13H13F3O. The Labute approximate surface area is 97.6 Å². The summed E-state index contributed by atoms with van der Waals surface area (Å²) in [6.07, 6.45) is -3.75. The smallest absolute Gasteiger partial charge is 0.299 e. The van der Waals surface area contributed by atoms with Gasteiger partial charge in [0.2, 0.25) is 0 Å². The number of hydrogen-bond donors (Lipinski definition) is 0. The Bertz CT molecular complexity index is 423. The van der Waals surface area contributed by atoms with Gasteiger partial charge < -0.3 is 0 Å². The van der Waals surface area contributed by atoms with Crippen LogP contribution in [0, 0.1) is 0 Å². The summed E-state index contributed by atoms with van der Waals surface area (Å²) in [5.74, 6) is -1.29. The van der Waals surface area contributed by atoms with Crippen molar-refractivity contribution >= 4 is 5.78 Å². The second-order valence-electron chi connectivity index (χ2n) is 4.39. The summed E-state index contributed by atoms with van der Waals surface area (Å²) in [5.41, 5.74) is 1.44. The number of carbonyl (C=O) groups excluding carboxylic acids is 1. The molecule has 1 aromatic carbocycles. The molecular weight excluding hydrogens is 229 g/mol. The highest BCUT2D eigenvalue weighted by atomic mass is 19.4. The second kappa shape index (κ2) is 4.51. The van der Waals surface area contributed by atoms with Gasteiger partial charge in [0.25, 0.3) is 0 Å². The van der Waals surface area contributed by atoms with Crippen LogP contribution in [0.5, 0.6) is 0 Å². The lowest BCUT2D eigenvalue weighted by molar-refractivity contribution is -0.147. The van der Waals surface area contributed by atoms with E-state index < -0.39 is 18.5 Å². The molecule has 0 spiro atoms. The molecule has 0 bridgehead atoms. The maximum absolute atomic E-state index is 12.5. The minimum Gasteiger partial charge on any atom is -0.299 e. The number of halogens is 3. The summed E-state index contributed by atoms with van der Waals surface area (Å²) in [6, 6.07) is 6.96. The summed E-state index contributed by atoms with van der Waals surface area (Å²) in [4.78, 5) is 11.8. The van der Waals surface area contributed by atoms with Crippen molar-refractivity contribution in [2.75, 3.05) is 0 Å². The van der Waals surface area contributed by atoms with Crippen LogP contribution in [0.3, 0.4) is 0 Å². The number of carbonyl (C=O) groups is 1. The first kappa shape index (κ1) is 12.1. The molecule has 0 aliphatic heterocycles. The predicted molar refractivity (Wildman–Crippen MR) is 57.8 cm³/mol. The lowest BCUT2D eigenvalue weighted by atomic mass is 9.89. The molecule has 0 N–H and O–H groups in total. The largest absolute Gasteiger partial charge is 0.390 e. The van der Waals surface area contributed by atoms with Gasteiger partial charge in [0, 0.05) is 6.42 Å². The van der Waals surface area contributed by atoms with Crippen molar-refractivity contribution in [2.24, 2.45) is 0 Å². The van der Waals surface area contributed by atoms with Crippen LogP contribution in [-0.2, 0) is 11.2 Å². The fourth-order valence-corrected chi connectivity index (χ4v) is 2.36. The second-order valence-corrected chi connectivity index (χ2v) is 4.39. The first-order valence-electron chi connectivity index (χ1n) is 5.64. The third kappa shape index (κ3) is 2.87. The fourth-order valence-electron chi connectivity index (χ4n) is 2.36. The van der Waals surface area contributed by atoms with Crippen LogP contribution >= 0.6 is 0 Å². The van der Waals surface area contributed by atoms with Crippen molar-refractivity contribution in [1.82, 2.24) is 0 Å². The molecule has 4 heteroatoms. The average Bonchev–Trinajstić information content (AvgIpc) is 2.38. The van der Waals surface area contributed by atoms with Crippen LogP contribution < -0.4 is 0 Å². The van der Waals surface area contributed by atoms with E-state index in [1.807, 2.05) is 6.07 Å². The first-order valence-corrected chi connectivity index (χ1v) is 5.64. The van der Waals surface area contributed by atoms with Crippen LogP contribution in [0.4, 0.5) is 13.2 Å². The molecule has 1 aliphatic carbocycles. The normalized spacial score (nSPS) is 20.9. The molecule has 2 rings (SSSR count). The number of hydrogen-bond acceptors (Lipinski definition) is 1. The van der Waals surface area contributed by atoms with E-state index in [0.29, 0.717) is 18.4 Å². The zero-order valence-corrected chi connectivity index (χ0v) is 9.26. The Hall–Kier alpha value is -1.32. The highest BCUT2D eigenvalue weighted by molar-refractivity contribution is 5.86. The molecule has 1 atom stereocenters. The van der Waals surface area contributed by atoms with Crippen LogP contribution in [0.1, 0.15) is 36.3 Å². The molecule has 92 valence electrons. The Morgan fingerprint density at radius 2 is 1.88 bits per heavy atom. The van der Waals surface area contributed by atoms with Crippen molar-refractivity contribution in [3.8, 4) is 0 Å². The highest BCUT2D eigenvalue weighted by Crippen LogP contribution is 2.36. The molecule has 0 fully saturated rings. The summed E-state index contributed by atoms with van der Waals surface area (Å²) in [5, 5.41) is 0. The van der Waals surface area contributed by atoms with Crippen LogP contribution in [0.15, 0.2) is 24.3 Å². The topological polar surface area (TPSA) is 17.1 Å². The molecule has 0 amide bonds. The van der Waals surface area contributed by atoms with Crippen molar-refractivity contribution in [2.45, 2.75) is 37.8 Å². The lowest BCUT2D eigenvalue weighted by Crippen LogP contribution is -2.20. The molecule has 0 radical (unpaired) electrons. The molecule has 1 unspecified atom stereocenters. The van der Waals surface area contributed by atoms with E-state index >= 15 is 0 Å². The van der Waals surface area contributed by atoms with Crippen LogP contribution in [0.2, 0.25) is 0 Å². The number of ketones is 1. The summed E-state index contributed by atoms with van der Waals surface area (Å²) < 4.78 is 37.5. The van der Waals surface area contributed by atoms with Gasteiger partial charge in [0.15, 0.2) is 0 Å². The van der Waals surface area contributed by atoms with E-state index in [4.69, 9.17) is 0 Å². The maximum atomic E-state index is 12.5. The average molecular weight is 242 g/mol. The zero-order valence-electron chi connectivity index (χ0n) is 9.26. The van der Waals surface area contributed by atoms with Gasteiger partial charge in [-0.15, -0.1) is 0 Å². The van der Waals surface area contributed by atoms with Gasteiger partial charge in [-0.2, -0.15) is 13.2 Å². The number of aryl methyl sites for hydroxylation is 1. The van der Waals surface area contributed by atoms with E-state index in [9.17, 15) is 18.0 Å². The van der Waals surface area contributed by atoms with E-state index in [-0.39, 0.29) is 12.2 Å². The Morgan fingerprint density at radius 3 is 2.59 bits per heavy atom. The molecule has 0 saturated heterocycles. The van der Waals surface area contributed by atoms with Crippen molar-refractivity contribution in [3.05, 3.63) is 35.4 Å². The summed E-state index contributed by atoms with van der Waals surface area (Å²) >= 11 is 0. The number of alkyl halides is 3. The summed E-state index contributed by atoms with van der Waals surface area (Å²) in [7, 11) is 0. The Balaban J connectivity index is 2.37. The monoisotopic (exact) mass is 242 g/mol. The molecule has 1 aliphatic rings. The van der Waals surface area contributed by atoms with Crippen molar-refractivity contribution < 1.29 is 18.0 Å². The number of Topliss-reactive ketones (excluding diaryl/α,β-unsaturated/α-hetero) is 1. The van der Waals surface area contributed by atoms with E-state index in [0.717, 1.165) is 5.56 Å². The molecule has 0 aromatic heterocycles. The molecule has 17 heavy (non-hydrogen) atoms. The van der Waals surface area contributed by atoms with E-state index in [1.165, 1.54) is 0 Å². The predicted octanol–water partition coefficient (Wildman–Crippen LogP) is 3.63. The van der Waals surface area contributed by atoms with E-state index in [2.05, 4.69) is 0 Å². The molecule has 0 saturated carbocycles. The quantitative estimate of drug-likeness (QED) is 0.687. The van der Waals surface area contributed by atoms with Gasteiger partial charge in [-0.25, -0.2) is 0 Å². The molecule has 1 nitrogen and oxygen atoms in total. The zero-order chi connectivity index (χ0) is 12.5. The number of rotatable bonds is 1. The SMILES string of the molecule is O=C1CCCc2ccccc2C1CC(F)(F)F. The highest BCUT2D eigenvalue weighted by Gasteiger charge is 2.37. The first-order chi connectivity index (χ1) is 7.97. The van der Waals surface area contributed by atoms with Gasteiger partial charge >= 0.3 is 6.18 Å². The van der Waals surface area contributed by atoms with Gasteiger partial charge in [0.05, 0.1) is 12.3 Å². The third-order valence-electron chi connectivity index (χ3n) is 3.12. The Morgan fingerprint density at radius 1 is 1.18 bits per heavy atom. The minimum atomic E-state index is -4.29. The summed E-state index contributed by atoms with van der Waals surface area (Å²) in [6.45, 7) is 0. The Kier molecular flexibility index (Phi) is 3.22. The molecule has 1 aromatic rings. The van der Waals surface area contributed by atoms with Crippen molar-refractivity contribution in [3.63, 3.8) is 0 Å². The standard InChI is InChI=1S/C13H13F3O/c14-13(15,16)8-11-10-6-2-1-4-9(10)5-3-7-12(11)17/h1-2,4,6,11H,3,5,7-8H2. The van der Waals surface area contributed by atoms with Crippen LogP contribution in [0.25, 0.3) is 0 Å². The van der Waals surface area contributed by atoms with Gasteiger partial charge in [-0.05, 0) is 24.0 Å². The number of benzene rings is 1. The van der Waals surface area contributed by atoms with E-state index in [1.54, 1.807) is 18.2 Å². The maximum Gasteiger partial charge on any atom is 0.390 e. The van der Waals surface area contributed by atoms with Gasteiger partial charge in [-0.1, -0.05) is 24.3 Å². The minimum absolute atomic E-state index is 0.245. The van der Waals surface area contributed by atoms with Gasteiger partial charge in [0.1, 0.15) is 5.78 Å². The van der Waals surface area contributed by atoms with Gasteiger partial charge in [-0.3, -0.25) is 4.79 Å². The third-order valence-corrected chi connectivity index (χ3v) is 3.12. The number of fused-ring (bicyclic) bond motifs is 1. The van der Waals surface area contributed by atoms with Crippen molar-refractivity contribution in [1.29, 1.82) is 0 Å².